The highest BCUT2D eigenvalue weighted by atomic mass is 35.5. The zero-order chi connectivity index (χ0) is 17.9. The molecule has 0 aliphatic carbocycles. The molecule has 1 N–H and O–H groups in total. The average Bonchev–Trinajstić information content (AvgIpc) is 3.29. The summed E-state index contributed by atoms with van der Waals surface area (Å²) in [4.78, 5) is 8.68. The number of imidazole rings is 1. The number of hydrogen-bond donors (Lipinski definition) is 1. The lowest BCUT2D eigenvalue weighted by Gasteiger charge is -2.12. The molecule has 1 aromatic carbocycles. The van der Waals surface area contributed by atoms with Crippen LogP contribution in [0.1, 0.15) is 6.42 Å². The van der Waals surface area contributed by atoms with Gasteiger partial charge in [0.15, 0.2) is 5.65 Å². The topological polar surface area (TPSA) is 60.0 Å². The summed E-state index contributed by atoms with van der Waals surface area (Å²) in [6, 6.07) is 9.56. The van der Waals surface area contributed by atoms with Crippen LogP contribution in [0.4, 0.5) is 5.82 Å². The molecular formula is C18H16BClN6. The molecule has 0 fully saturated rings. The molecule has 0 bridgehead atoms. The van der Waals surface area contributed by atoms with E-state index in [0.29, 0.717) is 16.1 Å². The minimum Gasteiger partial charge on any atom is -0.370 e. The molecule has 0 aliphatic rings. The predicted molar refractivity (Wildman–Crippen MR) is 104 cm³/mol. The molecule has 0 amide bonds. The van der Waals surface area contributed by atoms with E-state index in [1.165, 1.54) is 0 Å². The van der Waals surface area contributed by atoms with Gasteiger partial charge in [0.05, 0.1) is 12.0 Å². The normalized spacial score (nSPS) is 11.1. The molecule has 3 heterocycles. The number of fused-ring (bicyclic) bond motifs is 1. The van der Waals surface area contributed by atoms with E-state index in [0.717, 1.165) is 36.6 Å². The first kappa shape index (κ1) is 16.7. The van der Waals surface area contributed by atoms with E-state index in [1.54, 1.807) is 16.9 Å². The lowest BCUT2D eigenvalue weighted by molar-refractivity contribution is 0.659. The molecule has 6 nitrogen and oxygen atoms in total. The Balaban J connectivity index is 1.61. The SMILES string of the molecule is [B]c1cnn2c(NCCCn3ccnc3)cc(-c3ccccc3Cl)nc12. The molecule has 0 unspecified atom stereocenters. The third kappa shape index (κ3) is 3.30. The molecule has 4 rings (SSSR count). The van der Waals surface area contributed by atoms with Crippen molar-refractivity contribution in [3.63, 3.8) is 0 Å². The summed E-state index contributed by atoms with van der Waals surface area (Å²) >= 11 is 6.34. The van der Waals surface area contributed by atoms with Gasteiger partial charge in [0, 0.05) is 48.3 Å². The number of nitrogens with zero attached hydrogens (tertiary/aromatic N) is 5. The van der Waals surface area contributed by atoms with Crippen molar-refractivity contribution in [2.45, 2.75) is 13.0 Å². The van der Waals surface area contributed by atoms with Gasteiger partial charge in [0.25, 0.3) is 0 Å². The first-order valence-corrected chi connectivity index (χ1v) is 8.69. The summed E-state index contributed by atoms with van der Waals surface area (Å²) in [6.45, 7) is 1.67. The van der Waals surface area contributed by atoms with E-state index in [2.05, 4.69) is 20.4 Å². The number of nitrogens with one attached hydrogen (secondary N) is 1. The van der Waals surface area contributed by atoms with Crippen molar-refractivity contribution in [3.8, 4) is 11.3 Å². The van der Waals surface area contributed by atoms with E-state index >= 15 is 0 Å². The van der Waals surface area contributed by atoms with Crippen LogP contribution >= 0.6 is 11.6 Å². The van der Waals surface area contributed by atoms with Crippen LogP contribution in [0.3, 0.4) is 0 Å². The number of aromatic nitrogens is 5. The molecule has 0 atom stereocenters. The zero-order valence-electron chi connectivity index (χ0n) is 14.0. The highest BCUT2D eigenvalue weighted by Gasteiger charge is 2.12. The van der Waals surface area contributed by atoms with Gasteiger partial charge in [-0.2, -0.15) is 9.61 Å². The van der Waals surface area contributed by atoms with Gasteiger partial charge in [-0.05, 0) is 17.9 Å². The molecule has 3 aromatic heterocycles. The second-order valence-corrected chi connectivity index (χ2v) is 6.33. The lowest BCUT2D eigenvalue weighted by Crippen LogP contribution is -2.11. The maximum absolute atomic E-state index is 6.34. The fourth-order valence-electron chi connectivity index (χ4n) is 2.81. The first-order valence-electron chi connectivity index (χ1n) is 8.31. The van der Waals surface area contributed by atoms with Crippen LogP contribution < -0.4 is 10.8 Å². The van der Waals surface area contributed by atoms with Crippen molar-refractivity contribution in [2.75, 3.05) is 11.9 Å². The van der Waals surface area contributed by atoms with Gasteiger partial charge in [-0.15, -0.1) is 0 Å². The Labute approximate surface area is 157 Å². The third-order valence-corrected chi connectivity index (χ3v) is 4.44. The highest BCUT2D eigenvalue weighted by molar-refractivity contribution is 6.36. The number of aryl methyl sites for hydroxylation is 1. The molecule has 2 radical (unpaired) electrons. The van der Waals surface area contributed by atoms with Crippen molar-refractivity contribution in [1.29, 1.82) is 0 Å². The van der Waals surface area contributed by atoms with E-state index in [1.807, 2.05) is 47.4 Å². The van der Waals surface area contributed by atoms with Crippen molar-refractivity contribution in [2.24, 2.45) is 0 Å². The summed E-state index contributed by atoms with van der Waals surface area (Å²) in [6.07, 6.45) is 8.10. The van der Waals surface area contributed by atoms with Crippen molar-refractivity contribution >= 4 is 36.4 Å². The Bertz CT molecular complexity index is 1030. The molecule has 128 valence electrons. The molecular weight excluding hydrogens is 347 g/mol. The van der Waals surface area contributed by atoms with Crippen LogP contribution in [-0.4, -0.2) is 38.5 Å². The average molecular weight is 363 g/mol. The van der Waals surface area contributed by atoms with Crippen LogP contribution in [-0.2, 0) is 6.54 Å². The first-order chi connectivity index (χ1) is 12.7. The number of hydrogen-bond acceptors (Lipinski definition) is 4. The van der Waals surface area contributed by atoms with Gasteiger partial charge in [-0.3, -0.25) is 0 Å². The van der Waals surface area contributed by atoms with Gasteiger partial charge in [0.1, 0.15) is 13.7 Å². The van der Waals surface area contributed by atoms with E-state index in [9.17, 15) is 0 Å². The van der Waals surface area contributed by atoms with Gasteiger partial charge in [0.2, 0.25) is 0 Å². The molecule has 0 aliphatic heterocycles. The van der Waals surface area contributed by atoms with Gasteiger partial charge < -0.3 is 9.88 Å². The van der Waals surface area contributed by atoms with Gasteiger partial charge in [-0.25, -0.2) is 9.97 Å². The van der Waals surface area contributed by atoms with Crippen molar-refractivity contribution in [1.82, 2.24) is 24.1 Å². The van der Waals surface area contributed by atoms with Crippen molar-refractivity contribution < 1.29 is 0 Å². The Kier molecular flexibility index (Phi) is 4.62. The van der Waals surface area contributed by atoms with E-state index in [4.69, 9.17) is 19.4 Å². The Hall–Kier alpha value is -2.80. The maximum Gasteiger partial charge on any atom is 0.150 e. The van der Waals surface area contributed by atoms with Gasteiger partial charge in [-0.1, -0.05) is 29.8 Å². The van der Waals surface area contributed by atoms with Crippen molar-refractivity contribution in [3.05, 3.63) is 60.3 Å². The Morgan fingerprint density at radius 3 is 2.92 bits per heavy atom. The minimum atomic E-state index is 0.528. The number of benzene rings is 1. The van der Waals surface area contributed by atoms with Crippen LogP contribution in [0.15, 0.2) is 55.2 Å². The molecule has 0 spiro atoms. The Morgan fingerprint density at radius 1 is 1.23 bits per heavy atom. The zero-order valence-corrected chi connectivity index (χ0v) is 14.8. The molecule has 26 heavy (non-hydrogen) atoms. The summed E-state index contributed by atoms with van der Waals surface area (Å²) in [5.74, 6) is 0.826. The predicted octanol–water partition coefficient (Wildman–Crippen LogP) is 2.54. The minimum absolute atomic E-state index is 0.528. The van der Waals surface area contributed by atoms with E-state index < -0.39 is 0 Å². The lowest BCUT2D eigenvalue weighted by atomic mass is 10.0. The monoisotopic (exact) mass is 362 g/mol. The summed E-state index contributed by atoms with van der Waals surface area (Å²) in [5.41, 5.74) is 2.76. The summed E-state index contributed by atoms with van der Waals surface area (Å²) in [5, 5.41) is 8.39. The molecule has 4 aromatic rings. The van der Waals surface area contributed by atoms with Crippen LogP contribution in [0.5, 0.6) is 0 Å². The highest BCUT2D eigenvalue weighted by Crippen LogP contribution is 2.28. The smallest absolute Gasteiger partial charge is 0.150 e. The second-order valence-electron chi connectivity index (χ2n) is 5.92. The Morgan fingerprint density at radius 2 is 2.12 bits per heavy atom. The molecule has 8 heteroatoms. The number of halogens is 1. The fourth-order valence-corrected chi connectivity index (χ4v) is 3.04. The second kappa shape index (κ2) is 7.21. The number of anilines is 1. The summed E-state index contributed by atoms with van der Waals surface area (Å²) < 4.78 is 3.76. The van der Waals surface area contributed by atoms with Crippen LogP contribution in [0, 0.1) is 0 Å². The molecule has 0 saturated carbocycles. The molecule has 0 saturated heterocycles. The largest absolute Gasteiger partial charge is 0.370 e. The van der Waals surface area contributed by atoms with Gasteiger partial charge >= 0.3 is 0 Å². The maximum atomic E-state index is 6.34. The number of rotatable bonds is 6. The quantitative estimate of drug-likeness (QED) is 0.423. The standard InChI is InChI=1S/C18H16BClN6/c19-14-11-23-26-17(22-6-3-8-25-9-7-21-12-25)10-16(24-18(14)26)13-4-1-2-5-15(13)20/h1-2,4-5,7,9-12,22H,3,6,8H2. The van der Waals surface area contributed by atoms with Crippen LogP contribution in [0.25, 0.3) is 16.9 Å². The third-order valence-electron chi connectivity index (χ3n) is 4.11. The summed E-state index contributed by atoms with van der Waals surface area (Å²) in [7, 11) is 6.03. The van der Waals surface area contributed by atoms with E-state index in [-0.39, 0.29) is 0 Å². The van der Waals surface area contributed by atoms with Crippen LogP contribution in [0.2, 0.25) is 5.02 Å². The fraction of sp³-hybridized carbons (Fsp3) is 0.167.